The Kier molecular flexibility index (Phi) is 1.59. The van der Waals surface area contributed by atoms with Crippen LogP contribution < -0.4 is 0 Å². The van der Waals surface area contributed by atoms with Crippen LogP contribution in [0.3, 0.4) is 0 Å². The molecule has 3 nitrogen and oxygen atoms in total. The molecule has 0 saturated heterocycles. The lowest BCUT2D eigenvalue weighted by Gasteiger charge is -1.94. The van der Waals surface area contributed by atoms with E-state index in [4.69, 9.17) is 0 Å². The third kappa shape index (κ3) is 1.18. The van der Waals surface area contributed by atoms with Gasteiger partial charge in [0.25, 0.3) is 0 Å². The Bertz CT molecular complexity index is 370. The van der Waals surface area contributed by atoms with Crippen molar-refractivity contribution in [1.29, 1.82) is 0 Å². The number of rotatable bonds is 1. The van der Waals surface area contributed by atoms with Crippen LogP contribution in [0.5, 0.6) is 0 Å². The highest BCUT2D eigenvalue weighted by Crippen LogP contribution is 2.14. The van der Waals surface area contributed by atoms with E-state index < -0.39 is 5.95 Å². The van der Waals surface area contributed by atoms with Gasteiger partial charge in [0.15, 0.2) is 0 Å². The summed E-state index contributed by atoms with van der Waals surface area (Å²) in [6.45, 7) is 0. The maximum atomic E-state index is 12.6. The molecule has 1 N–H and O–H groups in total. The first-order chi connectivity index (χ1) is 5.86. The van der Waals surface area contributed by atoms with Crippen LogP contribution in [0.15, 0.2) is 30.6 Å². The molecule has 12 heavy (non-hydrogen) atoms. The summed E-state index contributed by atoms with van der Waals surface area (Å²) in [7, 11) is 0. The molecule has 60 valence electrons. The summed E-state index contributed by atoms with van der Waals surface area (Å²) >= 11 is 0. The Labute approximate surface area is 68.3 Å². The van der Waals surface area contributed by atoms with Crippen LogP contribution in [0, 0.1) is 5.95 Å². The van der Waals surface area contributed by atoms with Gasteiger partial charge in [-0.15, -0.1) is 0 Å². The van der Waals surface area contributed by atoms with Crippen molar-refractivity contribution in [3.63, 3.8) is 0 Å². The van der Waals surface area contributed by atoms with Crippen LogP contribution in [0.4, 0.5) is 4.39 Å². The van der Waals surface area contributed by atoms with Crippen molar-refractivity contribution >= 4 is 0 Å². The van der Waals surface area contributed by atoms with E-state index >= 15 is 0 Å². The molecule has 4 heteroatoms. The molecule has 0 aliphatic heterocycles. The fraction of sp³-hybridized carbons (Fsp3) is 0. The highest BCUT2D eigenvalue weighted by Gasteiger charge is 1.99. The summed E-state index contributed by atoms with van der Waals surface area (Å²) in [5, 5.41) is 6.50. The molecule has 0 bridgehead atoms. The first-order valence-electron chi connectivity index (χ1n) is 3.47. The fourth-order valence-electron chi connectivity index (χ4n) is 0.987. The van der Waals surface area contributed by atoms with Crippen molar-refractivity contribution < 1.29 is 4.39 Å². The topological polar surface area (TPSA) is 41.6 Å². The number of nitrogens with one attached hydrogen (secondary N) is 1. The molecule has 0 unspecified atom stereocenters. The predicted molar refractivity (Wildman–Crippen MR) is 41.8 cm³/mol. The number of halogens is 1. The van der Waals surface area contributed by atoms with E-state index in [1.165, 1.54) is 12.3 Å². The third-order valence-electron chi connectivity index (χ3n) is 1.54. The zero-order valence-electron chi connectivity index (χ0n) is 6.16. The van der Waals surface area contributed by atoms with Gasteiger partial charge in [0.1, 0.15) is 0 Å². The molecule has 0 aliphatic rings. The molecule has 0 fully saturated rings. The van der Waals surface area contributed by atoms with Gasteiger partial charge in [-0.05, 0) is 12.1 Å². The molecule has 0 saturated carbocycles. The van der Waals surface area contributed by atoms with Crippen molar-refractivity contribution in [2.75, 3.05) is 0 Å². The highest BCUT2D eigenvalue weighted by molar-refractivity contribution is 5.57. The quantitative estimate of drug-likeness (QED) is 0.649. The van der Waals surface area contributed by atoms with Gasteiger partial charge in [0.05, 0.1) is 5.69 Å². The second-order valence-electron chi connectivity index (χ2n) is 2.34. The molecule has 2 rings (SSSR count). The summed E-state index contributed by atoms with van der Waals surface area (Å²) < 4.78 is 12.6. The van der Waals surface area contributed by atoms with E-state index in [1.54, 1.807) is 18.3 Å². The minimum absolute atomic E-state index is 0.484. The van der Waals surface area contributed by atoms with Gasteiger partial charge in [-0.3, -0.25) is 5.10 Å². The average molecular weight is 163 g/mol. The molecule has 2 aromatic rings. The van der Waals surface area contributed by atoms with Crippen LogP contribution in [0.25, 0.3) is 11.3 Å². The van der Waals surface area contributed by atoms with Gasteiger partial charge in [0.2, 0.25) is 5.95 Å². The largest absolute Gasteiger partial charge is 0.278 e. The first kappa shape index (κ1) is 6.97. The van der Waals surface area contributed by atoms with Crippen molar-refractivity contribution in [1.82, 2.24) is 15.2 Å². The number of nitrogens with zero attached hydrogens (tertiary/aromatic N) is 2. The number of aromatic nitrogens is 3. The normalized spacial score (nSPS) is 10.1. The van der Waals surface area contributed by atoms with Gasteiger partial charge >= 0.3 is 0 Å². The Balaban J connectivity index is 2.48. The Morgan fingerprint density at radius 3 is 2.83 bits per heavy atom. The molecule has 2 aromatic heterocycles. The van der Waals surface area contributed by atoms with Crippen molar-refractivity contribution in [3.8, 4) is 11.3 Å². The zero-order valence-corrected chi connectivity index (χ0v) is 6.16. The first-order valence-corrected chi connectivity index (χ1v) is 3.47. The van der Waals surface area contributed by atoms with E-state index in [0.29, 0.717) is 0 Å². The van der Waals surface area contributed by atoms with Crippen LogP contribution in [-0.2, 0) is 0 Å². The van der Waals surface area contributed by atoms with Crippen LogP contribution >= 0.6 is 0 Å². The van der Waals surface area contributed by atoms with Gasteiger partial charge in [-0.2, -0.15) is 9.49 Å². The highest BCUT2D eigenvalue weighted by atomic mass is 19.1. The molecule has 2 heterocycles. The number of aromatic amines is 1. The van der Waals surface area contributed by atoms with E-state index in [0.717, 1.165) is 11.3 Å². The van der Waals surface area contributed by atoms with Gasteiger partial charge in [0, 0.05) is 24.0 Å². The number of hydrogen-bond acceptors (Lipinski definition) is 2. The Hall–Kier alpha value is -1.71. The summed E-state index contributed by atoms with van der Waals surface area (Å²) in [5.74, 6) is -0.484. The van der Waals surface area contributed by atoms with Gasteiger partial charge in [-0.25, -0.2) is 4.98 Å². The molecular weight excluding hydrogens is 157 g/mol. The lowest BCUT2D eigenvalue weighted by Crippen LogP contribution is -1.83. The van der Waals surface area contributed by atoms with Crippen molar-refractivity contribution in [2.24, 2.45) is 0 Å². The van der Waals surface area contributed by atoms with E-state index in [1.807, 2.05) is 0 Å². The summed E-state index contributed by atoms with van der Waals surface area (Å²) in [6, 6.07) is 4.85. The van der Waals surface area contributed by atoms with Crippen molar-refractivity contribution in [2.45, 2.75) is 0 Å². The summed E-state index contributed by atoms with van der Waals surface area (Å²) in [5.41, 5.74) is 1.54. The molecule has 0 atom stereocenters. The zero-order chi connectivity index (χ0) is 8.39. The van der Waals surface area contributed by atoms with E-state index in [9.17, 15) is 4.39 Å². The predicted octanol–water partition coefficient (Wildman–Crippen LogP) is 1.61. The van der Waals surface area contributed by atoms with Crippen LogP contribution in [-0.4, -0.2) is 15.2 Å². The Morgan fingerprint density at radius 1 is 1.25 bits per heavy atom. The molecule has 0 radical (unpaired) electrons. The second kappa shape index (κ2) is 2.73. The molecule has 0 aliphatic carbocycles. The standard InChI is InChI=1S/C8H6FN3/c9-8-5-6(1-3-10-8)7-2-4-11-12-7/h1-5H,(H,11,12). The Morgan fingerprint density at radius 2 is 2.17 bits per heavy atom. The number of H-pyrrole nitrogens is 1. The lowest BCUT2D eigenvalue weighted by molar-refractivity contribution is 0.584. The second-order valence-corrected chi connectivity index (χ2v) is 2.34. The molecule has 0 amide bonds. The minimum Gasteiger partial charge on any atom is -0.278 e. The van der Waals surface area contributed by atoms with Crippen LogP contribution in [0.1, 0.15) is 0 Å². The molecule has 0 aromatic carbocycles. The monoisotopic (exact) mass is 163 g/mol. The number of hydrogen-bond donors (Lipinski definition) is 1. The van der Waals surface area contributed by atoms with Gasteiger partial charge < -0.3 is 0 Å². The fourth-order valence-corrected chi connectivity index (χ4v) is 0.987. The smallest absolute Gasteiger partial charge is 0.213 e. The maximum Gasteiger partial charge on any atom is 0.213 e. The van der Waals surface area contributed by atoms with Crippen molar-refractivity contribution in [3.05, 3.63) is 36.5 Å². The van der Waals surface area contributed by atoms with Gasteiger partial charge in [-0.1, -0.05) is 0 Å². The summed E-state index contributed by atoms with van der Waals surface area (Å²) in [6.07, 6.45) is 3.04. The lowest BCUT2D eigenvalue weighted by atomic mass is 10.2. The SMILES string of the molecule is Fc1cc(-c2ccn[nH]2)ccn1. The van der Waals surface area contributed by atoms with E-state index in [-0.39, 0.29) is 0 Å². The van der Waals surface area contributed by atoms with E-state index in [2.05, 4.69) is 15.2 Å². The third-order valence-corrected chi connectivity index (χ3v) is 1.54. The maximum absolute atomic E-state index is 12.6. The minimum atomic E-state index is -0.484. The molecular formula is C8H6FN3. The number of pyridine rings is 1. The van der Waals surface area contributed by atoms with Crippen LogP contribution in [0.2, 0.25) is 0 Å². The average Bonchev–Trinajstić information content (AvgIpc) is 2.56. The molecule has 0 spiro atoms. The summed E-state index contributed by atoms with van der Waals surface area (Å²) in [4.78, 5) is 3.45.